The number of nitrogens with one attached hydrogen (secondary N) is 1. The van der Waals surface area contributed by atoms with Crippen LogP contribution >= 0.6 is 12.8 Å². The highest BCUT2D eigenvalue weighted by Crippen LogP contribution is 2.17. The summed E-state index contributed by atoms with van der Waals surface area (Å²) in [5.74, 6) is -0.262. The van der Waals surface area contributed by atoms with E-state index in [1.807, 2.05) is 6.92 Å². The molecule has 19 heavy (non-hydrogen) atoms. The van der Waals surface area contributed by atoms with Crippen LogP contribution in [0.1, 0.15) is 19.4 Å². The molecule has 0 heterocycles. The lowest BCUT2D eigenvalue weighted by Gasteiger charge is -2.16. The average Bonchev–Trinajstić information content (AvgIpc) is 2.39. The van der Waals surface area contributed by atoms with Crippen LogP contribution in [-0.2, 0) is 16.0 Å². The monoisotopic (exact) mass is 282 g/mol. The number of esters is 1. The van der Waals surface area contributed by atoms with Crippen molar-refractivity contribution >= 4 is 30.5 Å². The van der Waals surface area contributed by atoms with Crippen LogP contribution in [0.4, 0.5) is 10.5 Å². The molecule has 0 radical (unpaired) electrons. The minimum atomic E-state index is -0.288. The third kappa shape index (κ3) is 4.82. The summed E-state index contributed by atoms with van der Waals surface area (Å²) < 4.78 is 6.08. The maximum Gasteiger partial charge on any atom is 0.331 e. The van der Waals surface area contributed by atoms with Gasteiger partial charge in [0.05, 0.1) is 18.7 Å². The summed E-state index contributed by atoms with van der Waals surface area (Å²) in [6.45, 7) is 4.52. The van der Waals surface area contributed by atoms with Crippen molar-refractivity contribution in [3.05, 3.63) is 29.8 Å². The van der Waals surface area contributed by atoms with Crippen LogP contribution in [0.5, 0.6) is 0 Å². The average molecular weight is 282 g/mol. The van der Waals surface area contributed by atoms with Gasteiger partial charge in [0, 0.05) is 6.54 Å². The lowest BCUT2D eigenvalue weighted by atomic mass is 10.1. The van der Waals surface area contributed by atoms with Crippen molar-refractivity contribution in [3.63, 3.8) is 0 Å². The van der Waals surface area contributed by atoms with Crippen molar-refractivity contribution in [2.24, 2.45) is 0 Å². The first kappa shape index (κ1) is 15.4. The number of carbonyl (C=O) groups is 2. The van der Waals surface area contributed by atoms with Crippen molar-refractivity contribution in [1.82, 2.24) is 5.32 Å². The van der Waals surface area contributed by atoms with E-state index >= 15 is 0 Å². The third-order valence-electron chi connectivity index (χ3n) is 2.36. The van der Waals surface area contributed by atoms with Crippen LogP contribution in [0.25, 0.3) is 0 Å². The van der Waals surface area contributed by atoms with Gasteiger partial charge in [0.15, 0.2) is 0 Å². The molecule has 5 nitrogen and oxygen atoms in total. The molecule has 0 unspecified atom stereocenters. The summed E-state index contributed by atoms with van der Waals surface area (Å²) in [6, 6.07) is 6.72. The van der Waals surface area contributed by atoms with Gasteiger partial charge in [-0.1, -0.05) is 24.9 Å². The number of ether oxygens (including phenoxy) is 1. The molecule has 2 amide bonds. The molecule has 0 atom stereocenters. The zero-order valence-corrected chi connectivity index (χ0v) is 11.9. The topological polar surface area (TPSA) is 58.6 Å². The Hall–Kier alpha value is -1.69. The molecule has 0 aliphatic heterocycles. The van der Waals surface area contributed by atoms with Gasteiger partial charge in [-0.05, 0) is 31.5 Å². The number of amides is 2. The van der Waals surface area contributed by atoms with Crippen LogP contribution in [0.15, 0.2) is 24.3 Å². The van der Waals surface area contributed by atoms with E-state index in [2.05, 4.69) is 18.1 Å². The van der Waals surface area contributed by atoms with Gasteiger partial charge in [-0.3, -0.25) is 4.79 Å². The zero-order chi connectivity index (χ0) is 14.3. The van der Waals surface area contributed by atoms with Gasteiger partial charge in [-0.15, -0.1) is 0 Å². The third-order valence-corrected chi connectivity index (χ3v) is 2.77. The zero-order valence-electron chi connectivity index (χ0n) is 11.0. The molecule has 104 valence electrons. The predicted molar refractivity (Wildman–Crippen MR) is 77.3 cm³/mol. The van der Waals surface area contributed by atoms with E-state index in [1.165, 1.54) is 4.31 Å². The molecule has 6 heteroatoms. The minimum absolute atomic E-state index is 0.224. The Morgan fingerprint density at radius 1 is 1.26 bits per heavy atom. The molecule has 0 aliphatic rings. The molecule has 1 N–H and O–H groups in total. The summed E-state index contributed by atoms with van der Waals surface area (Å²) in [5.41, 5.74) is 1.47. The van der Waals surface area contributed by atoms with Crippen molar-refractivity contribution in [1.29, 1.82) is 0 Å². The van der Waals surface area contributed by atoms with Gasteiger partial charge >= 0.3 is 12.0 Å². The molecular weight excluding hydrogens is 264 g/mol. The summed E-state index contributed by atoms with van der Waals surface area (Å²) in [4.78, 5) is 22.9. The molecule has 0 aromatic heterocycles. The number of carbonyl (C=O) groups excluding carboxylic acids is 2. The normalized spacial score (nSPS) is 9.84. The molecule has 0 saturated carbocycles. The molecule has 0 aliphatic carbocycles. The van der Waals surface area contributed by atoms with E-state index in [-0.39, 0.29) is 18.4 Å². The molecule has 1 aromatic rings. The van der Waals surface area contributed by atoms with Gasteiger partial charge in [0.1, 0.15) is 0 Å². The van der Waals surface area contributed by atoms with Crippen LogP contribution in [-0.4, -0.2) is 25.2 Å². The fraction of sp³-hybridized carbons (Fsp3) is 0.385. The molecule has 0 fully saturated rings. The first-order valence-corrected chi connectivity index (χ1v) is 6.49. The van der Waals surface area contributed by atoms with E-state index in [9.17, 15) is 9.59 Å². The largest absolute Gasteiger partial charge is 0.466 e. The number of benzene rings is 1. The van der Waals surface area contributed by atoms with Crippen LogP contribution < -0.4 is 9.62 Å². The maximum atomic E-state index is 11.6. The van der Waals surface area contributed by atoms with Crippen LogP contribution in [0, 0.1) is 0 Å². The summed E-state index contributed by atoms with van der Waals surface area (Å²) in [6.07, 6.45) is 0.224. The standard InChI is InChI=1S/C13H18N2O3S/c1-3-14-13(17)15(19)11-7-5-10(6-8-11)9-12(16)18-4-2/h5-8,19H,3-4,9H2,1-2H3,(H,14,17). The highest BCUT2D eigenvalue weighted by molar-refractivity contribution is 7.82. The number of hydrogen-bond donors (Lipinski definition) is 2. The number of anilines is 1. The second kappa shape index (κ2) is 7.68. The minimum Gasteiger partial charge on any atom is -0.466 e. The quantitative estimate of drug-likeness (QED) is 0.643. The second-order valence-electron chi connectivity index (χ2n) is 3.80. The maximum absolute atomic E-state index is 11.6. The molecule has 1 rings (SSSR count). The Morgan fingerprint density at radius 3 is 2.42 bits per heavy atom. The Bertz CT molecular complexity index is 434. The van der Waals surface area contributed by atoms with E-state index < -0.39 is 0 Å². The Morgan fingerprint density at radius 2 is 1.89 bits per heavy atom. The number of hydrogen-bond acceptors (Lipinski definition) is 4. The summed E-state index contributed by atoms with van der Waals surface area (Å²) in [7, 11) is 0. The SMILES string of the molecule is CCNC(=O)N(S)c1ccc(CC(=O)OCC)cc1. The molecular formula is C13H18N2O3S. The fourth-order valence-corrected chi connectivity index (χ4v) is 1.68. The van der Waals surface area contributed by atoms with Gasteiger partial charge < -0.3 is 10.1 Å². The number of thiol groups is 1. The number of urea groups is 1. The van der Waals surface area contributed by atoms with Crippen molar-refractivity contribution < 1.29 is 14.3 Å². The summed E-state index contributed by atoms with van der Waals surface area (Å²) in [5, 5.41) is 2.64. The first-order chi connectivity index (χ1) is 9.08. The highest BCUT2D eigenvalue weighted by atomic mass is 32.1. The van der Waals surface area contributed by atoms with Crippen LogP contribution in [0.2, 0.25) is 0 Å². The van der Waals surface area contributed by atoms with Crippen molar-refractivity contribution in [2.45, 2.75) is 20.3 Å². The van der Waals surface area contributed by atoms with Gasteiger partial charge in [-0.25, -0.2) is 9.10 Å². The van der Waals surface area contributed by atoms with Gasteiger partial charge in [-0.2, -0.15) is 0 Å². The smallest absolute Gasteiger partial charge is 0.331 e. The first-order valence-electron chi connectivity index (χ1n) is 6.09. The van der Waals surface area contributed by atoms with Crippen molar-refractivity contribution in [3.8, 4) is 0 Å². The lowest BCUT2D eigenvalue weighted by Crippen LogP contribution is -2.33. The fourth-order valence-electron chi connectivity index (χ4n) is 1.48. The van der Waals surface area contributed by atoms with Gasteiger partial charge in [0.2, 0.25) is 0 Å². The molecule has 0 spiro atoms. The number of rotatable bonds is 5. The highest BCUT2D eigenvalue weighted by Gasteiger charge is 2.11. The Kier molecular flexibility index (Phi) is 6.21. The van der Waals surface area contributed by atoms with Gasteiger partial charge in [0.25, 0.3) is 0 Å². The Labute approximate surface area is 118 Å². The molecule has 0 bridgehead atoms. The van der Waals surface area contributed by atoms with E-state index in [0.717, 1.165) is 5.56 Å². The van der Waals surface area contributed by atoms with E-state index in [0.29, 0.717) is 18.8 Å². The Balaban J connectivity index is 2.65. The second-order valence-corrected chi connectivity index (χ2v) is 4.20. The number of nitrogens with zero attached hydrogens (tertiary/aromatic N) is 1. The van der Waals surface area contributed by atoms with Crippen molar-refractivity contribution in [2.75, 3.05) is 17.5 Å². The van der Waals surface area contributed by atoms with E-state index in [1.54, 1.807) is 31.2 Å². The van der Waals surface area contributed by atoms with E-state index in [4.69, 9.17) is 4.74 Å². The molecule has 1 aromatic carbocycles. The predicted octanol–water partition coefficient (Wildman–Crippen LogP) is 2.17. The lowest BCUT2D eigenvalue weighted by molar-refractivity contribution is -0.142. The summed E-state index contributed by atoms with van der Waals surface area (Å²) >= 11 is 4.12. The molecule has 0 saturated heterocycles. The van der Waals surface area contributed by atoms with Crippen LogP contribution in [0.3, 0.4) is 0 Å².